The van der Waals surface area contributed by atoms with E-state index in [1.807, 2.05) is 55.5 Å². The summed E-state index contributed by atoms with van der Waals surface area (Å²) in [5, 5.41) is 11.8. The number of hydrogen-bond donors (Lipinski definition) is 2. The average molecular weight is 319 g/mol. The highest BCUT2D eigenvalue weighted by Crippen LogP contribution is 2.28. The molecule has 3 rings (SSSR count). The van der Waals surface area contributed by atoms with Gasteiger partial charge in [0.15, 0.2) is 0 Å². The molecule has 2 N–H and O–H groups in total. The fourth-order valence-electron chi connectivity index (χ4n) is 2.44. The summed E-state index contributed by atoms with van der Waals surface area (Å²) >= 11 is 0. The minimum absolute atomic E-state index is 0.201. The SMILES string of the molecule is Cc1c(NC(=O)c2cnc(CO)cn2)cccc1-c1ccccc1. The fourth-order valence-corrected chi connectivity index (χ4v) is 2.44. The number of hydrogen-bond acceptors (Lipinski definition) is 4. The van der Waals surface area contributed by atoms with Crippen LogP contribution in [0.5, 0.6) is 0 Å². The Morgan fingerprint density at radius 3 is 2.50 bits per heavy atom. The first-order valence-electron chi connectivity index (χ1n) is 7.57. The molecule has 0 aliphatic rings. The monoisotopic (exact) mass is 319 g/mol. The molecule has 120 valence electrons. The standard InChI is InChI=1S/C19H17N3O2/c1-13-16(14-6-3-2-4-7-14)8-5-9-17(13)22-19(24)18-11-20-15(12-23)10-21-18/h2-11,23H,12H2,1H3,(H,22,24). The molecule has 24 heavy (non-hydrogen) atoms. The minimum atomic E-state index is -0.333. The van der Waals surface area contributed by atoms with Crippen molar-refractivity contribution in [2.75, 3.05) is 5.32 Å². The largest absolute Gasteiger partial charge is 0.390 e. The first kappa shape index (κ1) is 15.8. The van der Waals surface area contributed by atoms with E-state index in [-0.39, 0.29) is 18.2 Å². The molecule has 2 aromatic carbocycles. The van der Waals surface area contributed by atoms with Crippen LogP contribution >= 0.6 is 0 Å². The summed E-state index contributed by atoms with van der Waals surface area (Å²) in [5.74, 6) is -0.333. The second-order valence-electron chi connectivity index (χ2n) is 5.35. The van der Waals surface area contributed by atoms with E-state index in [1.54, 1.807) is 0 Å². The van der Waals surface area contributed by atoms with E-state index in [4.69, 9.17) is 5.11 Å². The van der Waals surface area contributed by atoms with Crippen molar-refractivity contribution in [3.63, 3.8) is 0 Å². The summed E-state index contributed by atoms with van der Waals surface area (Å²) in [4.78, 5) is 20.3. The van der Waals surface area contributed by atoms with Crippen LogP contribution in [0.25, 0.3) is 11.1 Å². The third kappa shape index (κ3) is 3.31. The van der Waals surface area contributed by atoms with Gasteiger partial charge >= 0.3 is 0 Å². The molecule has 0 aliphatic carbocycles. The van der Waals surface area contributed by atoms with E-state index in [2.05, 4.69) is 15.3 Å². The molecule has 0 saturated heterocycles. The van der Waals surface area contributed by atoms with Crippen molar-refractivity contribution < 1.29 is 9.90 Å². The van der Waals surface area contributed by atoms with Gasteiger partial charge in [-0.1, -0.05) is 42.5 Å². The van der Waals surface area contributed by atoms with Crippen molar-refractivity contribution in [2.24, 2.45) is 0 Å². The van der Waals surface area contributed by atoms with Gasteiger partial charge < -0.3 is 10.4 Å². The van der Waals surface area contributed by atoms with Gasteiger partial charge in [0.05, 0.1) is 24.7 Å². The second-order valence-corrected chi connectivity index (χ2v) is 5.35. The lowest BCUT2D eigenvalue weighted by atomic mass is 9.99. The third-order valence-electron chi connectivity index (χ3n) is 3.77. The molecule has 5 nitrogen and oxygen atoms in total. The number of rotatable bonds is 4. The molecule has 1 heterocycles. The van der Waals surface area contributed by atoms with Gasteiger partial charge in [0, 0.05) is 5.69 Å². The molecular formula is C19H17N3O2. The number of carbonyl (C=O) groups excluding carboxylic acids is 1. The highest BCUT2D eigenvalue weighted by molar-refractivity contribution is 6.03. The van der Waals surface area contributed by atoms with Crippen LogP contribution in [0, 0.1) is 6.92 Å². The van der Waals surface area contributed by atoms with E-state index >= 15 is 0 Å². The number of aromatic nitrogens is 2. The lowest BCUT2D eigenvalue weighted by Crippen LogP contribution is -2.15. The number of anilines is 1. The van der Waals surface area contributed by atoms with Crippen LogP contribution in [-0.4, -0.2) is 21.0 Å². The Kier molecular flexibility index (Phi) is 4.63. The normalized spacial score (nSPS) is 10.4. The third-order valence-corrected chi connectivity index (χ3v) is 3.77. The number of nitrogens with zero attached hydrogens (tertiary/aromatic N) is 2. The molecule has 0 spiro atoms. The van der Waals surface area contributed by atoms with Crippen molar-refractivity contribution in [1.29, 1.82) is 0 Å². The minimum Gasteiger partial charge on any atom is -0.390 e. The number of amides is 1. The summed E-state index contributed by atoms with van der Waals surface area (Å²) in [5.41, 5.74) is 4.50. The molecule has 0 atom stereocenters. The van der Waals surface area contributed by atoms with Crippen LogP contribution in [-0.2, 0) is 6.61 Å². The van der Waals surface area contributed by atoms with Crippen LogP contribution in [0.3, 0.4) is 0 Å². The van der Waals surface area contributed by atoms with Gasteiger partial charge in [-0.15, -0.1) is 0 Å². The van der Waals surface area contributed by atoms with Gasteiger partial charge in [-0.25, -0.2) is 4.98 Å². The summed E-state index contributed by atoms with van der Waals surface area (Å²) in [6.07, 6.45) is 2.75. The van der Waals surface area contributed by atoms with E-state index in [0.29, 0.717) is 5.69 Å². The second kappa shape index (κ2) is 7.02. The Morgan fingerprint density at radius 1 is 1.04 bits per heavy atom. The van der Waals surface area contributed by atoms with E-state index in [9.17, 15) is 4.79 Å². The molecule has 5 heteroatoms. The van der Waals surface area contributed by atoms with Crippen LogP contribution in [0.15, 0.2) is 60.9 Å². The van der Waals surface area contributed by atoms with E-state index < -0.39 is 0 Å². The molecule has 0 radical (unpaired) electrons. The molecule has 1 aromatic heterocycles. The number of carbonyl (C=O) groups is 1. The molecular weight excluding hydrogens is 302 g/mol. The Labute approximate surface area is 140 Å². The number of nitrogens with one attached hydrogen (secondary N) is 1. The predicted octanol–water partition coefficient (Wildman–Crippen LogP) is 3.20. The van der Waals surface area contributed by atoms with Crippen LogP contribution in [0.1, 0.15) is 21.7 Å². The molecule has 0 fully saturated rings. The lowest BCUT2D eigenvalue weighted by molar-refractivity contribution is 0.102. The Bertz CT molecular complexity index is 846. The van der Waals surface area contributed by atoms with E-state index in [1.165, 1.54) is 12.4 Å². The molecule has 0 bridgehead atoms. The summed E-state index contributed by atoms with van der Waals surface area (Å²) in [6.45, 7) is 1.77. The van der Waals surface area contributed by atoms with Gasteiger partial charge in [0.1, 0.15) is 5.69 Å². The summed E-state index contributed by atoms with van der Waals surface area (Å²) in [7, 11) is 0. The van der Waals surface area contributed by atoms with Crippen LogP contribution in [0.2, 0.25) is 0 Å². The molecule has 0 aliphatic heterocycles. The quantitative estimate of drug-likeness (QED) is 0.774. The van der Waals surface area contributed by atoms with Gasteiger partial charge in [-0.2, -0.15) is 0 Å². The van der Waals surface area contributed by atoms with Crippen LogP contribution < -0.4 is 5.32 Å². The average Bonchev–Trinajstić information content (AvgIpc) is 2.64. The predicted molar refractivity (Wildman–Crippen MR) is 92.5 cm³/mol. The maximum absolute atomic E-state index is 12.3. The van der Waals surface area contributed by atoms with Crippen molar-refractivity contribution in [1.82, 2.24) is 9.97 Å². The van der Waals surface area contributed by atoms with Gasteiger partial charge in [0.25, 0.3) is 5.91 Å². The van der Waals surface area contributed by atoms with Crippen molar-refractivity contribution in [3.8, 4) is 11.1 Å². The topological polar surface area (TPSA) is 75.1 Å². The highest BCUT2D eigenvalue weighted by atomic mass is 16.3. The van der Waals surface area contributed by atoms with Gasteiger partial charge in [-0.3, -0.25) is 9.78 Å². The first-order valence-corrected chi connectivity index (χ1v) is 7.57. The summed E-state index contributed by atoms with van der Waals surface area (Å²) < 4.78 is 0. The molecule has 0 saturated carbocycles. The van der Waals surface area contributed by atoms with Crippen LogP contribution in [0.4, 0.5) is 5.69 Å². The lowest BCUT2D eigenvalue weighted by Gasteiger charge is -2.12. The molecule has 3 aromatic rings. The Morgan fingerprint density at radius 2 is 1.83 bits per heavy atom. The van der Waals surface area contributed by atoms with E-state index in [0.717, 1.165) is 22.4 Å². The smallest absolute Gasteiger partial charge is 0.275 e. The number of benzene rings is 2. The Hall–Kier alpha value is -3.05. The maximum atomic E-state index is 12.3. The zero-order chi connectivity index (χ0) is 16.9. The zero-order valence-electron chi connectivity index (χ0n) is 13.2. The van der Waals surface area contributed by atoms with Crippen molar-refractivity contribution in [3.05, 3.63) is 77.9 Å². The molecule has 1 amide bonds. The van der Waals surface area contributed by atoms with Crippen molar-refractivity contribution in [2.45, 2.75) is 13.5 Å². The highest BCUT2D eigenvalue weighted by Gasteiger charge is 2.12. The fraction of sp³-hybridized carbons (Fsp3) is 0.105. The van der Waals surface area contributed by atoms with Gasteiger partial charge in [-0.05, 0) is 29.7 Å². The summed E-state index contributed by atoms with van der Waals surface area (Å²) in [6, 6.07) is 15.8. The molecule has 0 unspecified atom stereocenters. The first-order chi connectivity index (χ1) is 11.7. The van der Waals surface area contributed by atoms with Gasteiger partial charge in [0.2, 0.25) is 0 Å². The maximum Gasteiger partial charge on any atom is 0.275 e. The Balaban J connectivity index is 1.86. The number of aliphatic hydroxyl groups is 1. The zero-order valence-corrected chi connectivity index (χ0v) is 13.2. The number of aliphatic hydroxyl groups excluding tert-OH is 1. The van der Waals surface area contributed by atoms with Crippen molar-refractivity contribution >= 4 is 11.6 Å².